The largest absolute Gasteiger partial charge is 0.770 e. The van der Waals surface area contributed by atoms with Gasteiger partial charge in [0.05, 0.1) is 18.2 Å². The van der Waals surface area contributed by atoms with Crippen LogP contribution in [0, 0.1) is 24.1 Å². The maximum absolute atomic E-state index is 13.4. The number of benzene rings is 2. The molecule has 2 aromatic heterocycles. The summed E-state index contributed by atoms with van der Waals surface area (Å²) in [5.41, 5.74) is 2.42. The summed E-state index contributed by atoms with van der Waals surface area (Å²) in [7, 11) is 0. The van der Waals surface area contributed by atoms with E-state index in [1.54, 1.807) is 55.5 Å². The molecule has 0 radical (unpaired) electrons. The molecule has 4 aromatic rings. The predicted molar refractivity (Wildman–Crippen MR) is 134 cm³/mol. The fourth-order valence-electron chi connectivity index (χ4n) is 3.43. The molecule has 8 nitrogen and oxygen atoms in total. The highest BCUT2D eigenvalue weighted by atomic mass is 32.2. The van der Waals surface area contributed by atoms with Crippen molar-refractivity contribution in [3.8, 4) is 6.07 Å². The van der Waals surface area contributed by atoms with Crippen molar-refractivity contribution in [2.24, 2.45) is 0 Å². The number of pyridine rings is 1. The van der Waals surface area contributed by atoms with Gasteiger partial charge in [0.25, 0.3) is 5.91 Å². The molecule has 0 saturated carbocycles. The minimum atomic E-state index is -2.63. The minimum absolute atomic E-state index is 0.0899. The lowest BCUT2D eigenvalue weighted by molar-refractivity contribution is 0.0942. The van der Waals surface area contributed by atoms with Crippen molar-refractivity contribution in [1.82, 2.24) is 15.3 Å². The van der Waals surface area contributed by atoms with Crippen LogP contribution < -0.4 is 10.2 Å². The van der Waals surface area contributed by atoms with Gasteiger partial charge in [-0.1, -0.05) is 18.2 Å². The topological polar surface area (TPSA) is 122 Å². The Morgan fingerprint density at radius 1 is 1.22 bits per heavy atom. The van der Waals surface area contributed by atoms with E-state index in [4.69, 9.17) is 5.26 Å². The van der Waals surface area contributed by atoms with Gasteiger partial charge in [-0.25, -0.2) is 9.37 Å². The van der Waals surface area contributed by atoms with Gasteiger partial charge in [-0.2, -0.15) is 5.26 Å². The first kappa shape index (κ1) is 25.1. The van der Waals surface area contributed by atoms with Gasteiger partial charge in [0.15, 0.2) is 5.13 Å². The second-order valence-electron chi connectivity index (χ2n) is 7.67. The van der Waals surface area contributed by atoms with E-state index >= 15 is 0 Å². The molecule has 4 rings (SSSR count). The lowest BCUT2D eigenvalue weighted by Gasteiger charge is -2.22. The maximum Gasteiger partial charge on any atom is 0.272 e. The molecule has 0 spiro atoms. The molecule has 0 saturated heterocycles. The van der Waals surface area contributed by atoms with E-state index in [0.29, 0.717) is 33.4 Å². The second kappa shape index (κ2) is 11.2. The van der Waals surface area contributed by atoms with Crippen molar-refractivity contribution in [2.45, 2.75) is 18.8 Å². The van der Waals surface area contributed by atoms with E-state index in [1.807, 2.05) is 4.90 Å². The summed E-state index contributed by atoms with van der Waals surface area (Å²) >= 11 is -1.37. The SMILES string of the molecule is Cc1sc(N(Cc2ccc(F)cc2)c2ccc(C#N)cc2)nc1C(=O)NC(c1cccnc1)S(=O)[O-]. The summed E-state index contributed by atoms with van der Waals surface area (Å²) in [6.07, 6.45) is 2.88. The zero-order chi connectivity index (χ0) is 25.7. The number of hydrogen-bond acceptors (Lipinski definition) is 8. The molecule has 2 unspecified atom stereocenters. The van der Waals surface area contributed by atoms with Crippen LogP contribution in [0.25, 0.3) is 0 Å². The Balaban J connectivity index is 1.66. The first-order chi connectivity index (χ1) is 17.4. The van der Waals surface area contributed by atoms with Crippen LogP contribution in [0.3, 0.4) is 0 Å². The van der Waals surface area contributed by atoms with Crippen LogP contribution >= 0.6 is 11.3 Å². The van der Waals surface area contributed by atoms with Crippen LogP contribution in [0.4, 0.5) is 15.2 Å². The quantitative estimate of drug-likeness (QED) is 0.339. The summed E-state index contributed by atoms with van der Waals surface area (Å²) in [5.74, 6) is -0.999. The smallest absolute Gasteiger partial charge is 0.272 e. The molecule has 1 N–H and O–H groups in total. The standard InChI is InChI=1S/C25H20FN5O3S2/c1-16-22(23(32)30-24(36(33)34)19-3-2-12-28-14-19)29-25(35-16)31(15-18-4-8-20(26)9-5-18)21-10-6-17(13-27)7-11-21/h2-12,14,24H,15H2,1H3,(H,30,32)(H,33,34)/p-1. The maximum atomic E-state index is 13.4. The Hall–Kier alpha value is -3.98. The van der Waals surface area contributed by atoms with Gasteiger partial charge in [-0.05, 0) is 66.0 Å². The van der Waals surface area contributed by atoms with Gasteiger partial charge in [-0.3, -0.25) is 14.0 Å². The Bertz CT molecular complexity index is 1420. The Labute approximate surface area is 213 Å². The van der Waals surface area contributed by atoms with Crippen molar-refractivity contribution < 1.29 is 17.9 Å². The molecule has 0 fully saturated rings. The molecular weight excluding hydrogens is 501 g/mol. The number of aryl methyl sites for hydroxylation is 1. The molecule has 182 valence electrons. The van der Waals surface area contributed by atoms with Crippen LogP contribution in [-0.2, 0) is 17.6 Å². The number of carbonyl (C=O) groups excluding carboxylic acids is 1. The van der Waals surface area contributed by atoms with Gasteiger partial charge in [0.2, 0.25) is 0 Å². The van der Waals surface area contributed by atoms with Gasteiger partial charge < -0.3 is 14.8 Å². The van der Waals surface area contributed by atoms with Crippen molar-refractivity contribution >= 4 is 39.1 Å². The highest BCUT2D eigenvalue weighted by Crippen LogP contribution is 2.33. The van der Waals surface area contributed by atoms with Gasteiger partial charge in [0, 0.05) is 28.5 Å². The summed E-state index contributed by atoms with van der Waals surface area (Å²) in [4.78, 5) is 23.9. The van der Waals surface area contributed by atoms with E-state index in [9.17, 15) is 17.9 Å². The number of thiazole rings is 1. The molecule has 11 heteroatoms. The third-order valence-corrected chi connectivity index (χ3v) is 7.00. The van der Waals surface area contributed by atoms with Crippen LogP contribution in [-0.4, -0.2) is 24.6 Å². The first-order valence-corrected chi connectivity index (χ1v) is 12.6. The van der Waals surface area contributed by atoms with E-state index in [1.165, 1.54) is 35.9 Å². The van der Waals surface area contributed by atoms with Crippen LogP contribution in [0.1, 0.15) is 37.4 Å². The van der Waals surface area contributed by atoms with Gasteiger partial charge in [0.1, 0.15) is 16.9 Å². The van der Waals surface area contributed by atoms with E-state index in [0.717, 1.165) is 5.56 Å². The van der Waals surface area contributed by atoms with Crippen molar-refractivity contribution in [3.05, 3.63) is 106 Å². The average molecular weight is 521 g/mol. The molecule has 0 bridgehead atoms. The summed E-state index contributed by atoms with van der Waals surface area (Å²) in [6, 6.07) is 18.1. The van der Waals surface area contributed by atoms with Gasteiger partial charge in [-0.15, -0.1) is 11.3 Å². The third kappa shape index (κ3) is 5.80. The summed E-state index contributed by atoms with van der Waals surface area (Å²) < 4.78 is 37.1. The first-order valence-electron chi connectivity index (χ1n) is 10.6. The number of anilines is 2. The summed E-state index contributed by atoms with van der Waals surface area (Å²) in [6.45, 7) is 2.04. The Kier molecular flexibility index (Phi) is 7.80. The molecule has 36 heavy (non-hydrogen) atoms. The highest BCUT2D eigenvalue weighted by Gasteiger charge is 2.24. The van der Waals surface area contributed by atoms with Crippen molar-refractivity contribution in [1.29, 1.82) is 5.26 Å². The van der Waals surface area contributed by atoms with Crippen molar-refractivity contribution in [2.75, 3.05) is 4.90 Å². The molecule has 2 heterocycles. The number of rotatable bonds is 8. The van der Waals surface area contributed by atoms with Gasteiger partial charge >= 0.3 is 0 Å². The zero-order valence-electron chi connectivity index (χ0n) is 18.9. The molecule has 0 aliphatic rings. The second-order valence-corrected chi connectivity index (χ2v) is 9.85. The lowest BCUT2D eigenvalue weighted by Crippen LogP contribution is -2.32. The van der Waals surface area contributed by atoms with Crippen LogP contribution in [0.15, 0.2) is 73.1 Å². The number of amides is 1. The zero-order valence-corrected chi connectivity index (χ0v) is 20.6. The van der Waals surface area contributed by atoms with E-state index in [2.05, 4.69) is 21.4 Å². The van der Waals surface area contributed by atoms with Crippen LogP contribution in [0.5, 0.6) is 0 Å². The Morgan fingerprint density at radius 3 is 2.56 bits per heavy atom. The number of nitriles is 1. The molecule has 2 atom stereocenters. The number of halogens is 1. The monoisotopic (exact) mass is 520 g/mol. The summed E-state index contributed by atoms with van der Waals surface area (Å²) in [5, 5.41) is 10.8. The number of nitrogens with one attached hydrogen (secondary N) is 1. The normalized spacial score (nSPS) is 12.4. The van der Waals surface area contributed by atoms with E-state index < -0.39 is 22.4 Å². The number of nitrogens with zero attached hydrogens (tertiary/aromatic N) is 4. The molecule has 2 aromatic carbocycles. The molecule has 0 aliphatic heterocycles. The third-order valence-electron chi connectivity index (χ3n) is 5.24. The fraction of sp³-hybridized carbons (Fsp3) is 0.120. The molecule has 1 amide bonds. The number of carbonyl (C=O) groups is 1. The fourth-order valence-corrected chi connectivity index (χ4v) is 4.92. The predicted octanol–water partition coefficient (Wildman–Crippen LogP) is 4.50. The lowest BCUT2D eigenvalue weighted by atomic mass is 10.1. The molecule has 0 aliphatic carbocycles. The number of hydrogen-bond donors (Lipinski definition) is 1. The average Bonchev–Trinajstić information content (AvgIpc) is 3.28. The minimum Gasteiger partial charge on any atom is -0.770 e. The van der Waals surface area contributed by atoms with Crippen molar-refractivity contribution in [3.63, 3.8) is 0 Å². The van der Waals surface area contributed by atoms with Crippen LogP contribution in [0.2, 0.25) is 0 Å². The van der Waals surface area contributed by atoms with E-state index in [-0.39, 0.29) is 11.5 Å². The highest BCUT2D eigenvalue weighted by molar-refractivity contribution is 7.79. The number of aromatic nitrogens is 2. The Morgan fingerprint density at radius 2 is 1.94 bits per heavy atom. The molecular formula is C25H19FN5O3S2-.